The lowest BCUT2D eigenvalue weighted by Crippen LogP contribution is -2.12. The van der Waals surface area contributed by atoms with Gasteiger partial charge in [0.2, 0.25) is 0 Å². The third-order valence-corrected chi connectivity index (χ3v) is 2.98. The number of aryl methyl sites for hydroxylation is 1. The van der Waals surface area contributed by atoms with Crippen molar-refractivity contribution >= 4 is 11.6 Å². The van der Waals surface area contributed by atoms with Gasteiger partial charge in [0.1, 0.15) is 0 Å². The summed E-state index contributed by atoms with van der Waals surface area (Å²) in [5, 5.41) is 4.96. The van der Waals surface area contributed by atoms with Gasteiger partial charge in [-0.3, -0.25) is 4.68 Å². The van der Waals surface area contributed by atoms with Gasteiger partial charge >= 0.3 is 0 Å². The molecular formula is C13H16ClN3. The maximum Gasteiger partial charge on any atom is 0.0522 e. The predicted molar refractivity (Wildman–Crippen MR) is 70.0 cm³/mol. The molecule has 1 aromatic heterocycles. The topological polar surface area (TPSA) is 43.8 Å². The third-order valence-electron chi connectivity index (χ3n) is 2.74. The first-order chi connectivity index (χ1) is 8.19. The Morgan fingerprint density at radius 3 is 2.94 bits per heavy atom. The molecule has 0 amide bonds. The normalized spacial score (nSPS) is 12.6. The highest BCUT2D eigenvalue weighted by Gasteiger charge is 2.08. The summed E-state index contributed by atoms with van der Waals surface area (Å²) in [7, 11) is 0. The second-order valence-corrected chi connectivity index (χ2v) is 4.51. The van der Waals surface area contributed by atoms with E-state index in [0.717, 1.165) is 29.1 Å². The van der Waals surface area contributed by atoms with Gasteiger partial charge in [0.25, 0.3) is 0 Å². The fourth-order valence-corrected chi connectivity index (χ4v) is 1.99. The van der Waals surface area contributed by atoms with Crippen molar-refractivity contribution in [2.24, 2.45) is 5.73 Å². The van der Waals surface area contributed by atoms with Gasteiger partial charge in [-0.2, -0.15) is 5.10 Å². The van der Waals surface area contributed by atoms with E-state index in [1.807, 2.05) is 41.3 Å². The molecular weight excluding hydrogens is 234 g/mol. The fraction of sp³-hybridized carbons (Fsp3) is 0.308. The quantitative estimate of drug-likeness (QED) is 0.906. The molecule has 4 heteroatoms. The van der Waals surface area contributed by atoms with Crippen LogP contribution in [0.3, 0.4) is 0 Å². The Labute approximate surface area is 106 Å². The molecule has 0 saturated carbocycles. The Hall–Kier alpha value is -1.32. The van der Waals surface area contributed by atoms with Crippen LogP contribution in [0.25, 0.3) is 0 Å². The Morgan fingerprint density at radius 1 is 1.47 bits per heavy atom. The molecule has 17 heavy (non-hydrogen) atoms. The standard InChI is InChI=1S/C13H16ClN3/c1-2-17-9-10(8-16-17)6-13(15)11-4-3-5-12(14)7-11/h3-5,7-9,13H,2,6,15H2,1H3. The van der Waals surface area contributed by atoms with Gasteiger partial charge in [0.05, 0.1) is 6.20 Å². The van der Waals surface area contributed by atoms with Crippen molar-refractivity contribution in [3.05, 3.63) is 52.8 Å². The van der Waals surface area contributed by atoms with E-state index >= 15 is 0 Å². The zero-order valence-corrected chi connectivity index (χ0v) is 10.6. The van der Waals surface area contributed by atoms with Crippen molar-refractivity contribution in [2.75, 3.05) is 0 Å². The van der Waals surface area contributed by atoms with E-state index in [4.69, 9.17) is 17.3 Å². The van der Waals surface area contributed by atoms with E-state index in [0.29, 0.717) is 0 Å². The molecule has 0 spiro atoms. The van der Waals surface area contributed by atoms with Crippen LogP contribution in [0, 0.1) is 0 Å². The van der Waals surface area contributed by atoms with Crippen molar-refractivity contribution < 1.29 is 0 Å². The van der Waals surface area contributed by atoms with Crippen LogP contribution in [-0.2, 0) is 13.0 Å². The van der Waals surface area contributed by atoms with Crippen LogP contribution < -0.4 is 5.73 Å². The minimum absolute atomic E-state index is 0.0387. The zero-order chi connectivity index (χ0) is 12.3. The monoisotopic (exact) mass is 249 g/mol. The molecule has 0 aliphatic carbocycles. The highest BCUT2D eigenvalue weighted by molar-refractivity contribution is 6.30. The summed E-state index contributed by atoms with van der Waals surface area (Å²) >= 11 is 5.95. The molecule has 0 aliphatic heterocycles. The molecule has 1 atom stereocenters. The van der Waals surface area contributed by atoms with Crippen LogP contribution in [0.1, 0.15) is 24.1 Å². The number of nitrogens with two attached hydrogens (primary N) is 1. The van der Waals surface area contributed by atoms with Crippen molar-refractivity contribution in [1.29, 1.82) is 0 Å². The van der Waals surface area contributed by atoms with Gasteiger partial charge in [0, 0.05) is 23.8 Å². The molecule has 0 aliphatic rings. The zero-order valence-electron chi connectivity index (χ0n) is 9.81. The van der Waals surface area contributed by atoms with Crippen molar-refractivity contribution in [3.63, 3.8) is 0 Å². The molecule has 90 valence electrons. The first-order valence-electron chi connectivity index (χ1n) is 5.71. The first kappa shape index (κ1) is 12.1. The summed E-state index contributed by atoms with van der Waals surface area (Å²) in [5.41, 5.74) is 8.36. The van der Waals surface area contributed by atoms with E-state index in [1.54, 1.807) is 0 Å². The van der Waals surface area contributed by atoms with Crippen molar-refractivity contribution in [1.82, 2.24) is 9.78 Å². The highest BCUT2D eigenvalue weighted by atomic mass is 35.5. The Kier molecular flexibility index (Phi) is 3.82. The number of aromatic nitrogens is 2. The van der Waals surface area contributed by atoms with Gasteiger partial charge in [-0.05, 0) is 36.6 Å². The summed E-state index contributed by atoms with van der Waals surface area (Å²) in [6.07, 6.45) is 4.68. The van der Waals surface area contributed by atoms with Crippen LogP contribution >= 0.6 is 11.6 Å². The molecule has 0 bridgehead atoms. The maximum absolute atomic E-state index is 6.15. The average molecular weight is 250 g/mol. The summed E-state index contributed by atoms with van der Waals surface area (Å²) in [4.78, 5) is 0. The number of halogens is 1. The van der Waals surface area contributed by atoms with Gasteiger partial charge in [-0.1, -0.05) is 23.7 Å². The minimum atomic E-state index is -0.0387. The molecule has 2 rings (SSSR count). The Morgan fingerprint density at radius 2 is 2.29 bits per heavy atom. The second-order valence-electron chi connectivity index (χ2n) is 4.07. The lowest BCUT2D eigenvalue weighted by atomic mass is 10.0. The Balaban J connectivity index is 2.08. The third kappa shape index (κ3) is 3.08. The van der Waals surface area contributed by atoms with E-state index in [-0.39, 0.29) is 6.04 Å². The van der Waals surface area contributed by atoms with Gasteiger partial charge < -0.3 is 5.73 Å². The number of rotatable bonds is 4. The predicted octanol–water partition coefficient (Wildman–Crippen LogP) is 2.80. The van der Waals surface area contributed by atoms with Crippen LogP contribution in [0.2, 0.25) is 5.02 Å². The summed E-state index contributed by atoms with van der Waals surface area (Å²) in [6.45, 7) is 2.94. The lowest BCUT2D eigenvalue weighted by molar-refractivity contribution is 0.657. The maximum atomic E-state index is 6.15. The molecule has 1 unspecified atom stereocenters. The molecule has 0 fully saturated rings. The second kappa shape index (κ2) is 5.34. The van der Waals surface area contributed by atoms with Crippen molar-refractivity contribution in [3.8, 4) is 0 Å². The number of nitrogens with zero attached hydrogens (tertiary/aromatic N) is 2. The van der Waals surface area contributed by atoms with E-state index in [9.17, 15) is 0 Å². The van der Waals surface area contributed by atoms with Crippen LogP contribution in [0.4, 0.5) is 0 Å². The van der Waals surface area contributed by atoms with Crippen molar-refractivity contribution in [2.45, 2.75) is 25.9 Å². The van der Waals surface area contributed by atoms with Crippen LogP contribution in [0.5, 0.6) is 0 Å². The number of benzene rings is 1. The lowest BCUT2D eigenvalue weighted by Gasteiger charge is -2.10. The van der Waals surface area contributed by atoms with E-state index in [2.05, 4.69) is 12.0 Å². The smallest absolute Gasteiger partial charge is 0.0522 e. The van der Waals surface area contributed by atoms with Crippen LogP contribution in [-0.4, -0.2) is 9.78 Å². The van der Waals surface area contributed by atoms with Gasteiger partial charge in [-0.25, -0.2) is 0 Å². The van der Waals surface area contributed by atoms with Gasteiger partial charge in [0.15, 0.2) is 0 Å². The van der Waals surface area contributed by atoms with Gasteiger partial charge in [-0.15, -0.1) is 0 Å². The minimum Gasteiger partial charge on any atom is -0.324 e. The number of hydrogen-bond donors (Lipinski definition) is 1. The average Bonchev–Trinajstić information content (AvgIpc) is 2.77. The largest absolute Gasteiger partial charge is 0.324 e. The molecule has 0 saturated heterocycles. The molecule has 1 aromatic carbocycles. The SMILES string of the molecule is CCn1cc(CC(N)c2cccc(Cl)c2)cn1. The van der Waals surface area contributed by atoms with Crippen LogP contribution in [0.15, 0.2) is 36.7 Å². The summed E-state index contributed by atoms with van der Waals surface area (Å²) in [6, 6.07) is 7.65. The molecule has 1 heterocycles. The highest BCUT2D eigenvalue weighted by Crippen LogP contribution is 2.19. The van der Waals surface area contributed by atoms with E-state index < -0.39 is 0 Å². The first-order valence-corrected chi connectivity index (χ1v) is 6.09. The molecule has 2 aromatic rings. The Bertz CT molecular complexity index is 493. The fourth-order valence-electron chi connectivity index (χ4n) is 1.79. The molecule has 2 N–H and O–H groups in total. The molecule has 0 radical (unpaired) electrons. The summed E-state index contributed by atoms with van der Waals surface area (Å²) in [5.74, 6) is 0. The molecule has 3 nitrogen and oxygen atoms in total. The van der Waals surface area contributed by atoms with E-state index in [1.165, 1.54) is 0 Å². The summed E-state index contributed by atoms with van der Waals surface area (Å²) < 4.78 is 1.90. The number of hydrogen-bond acceptors (Lipinski definition) is 2.